The molecule has 4 rings (SSSR count). The maximum absolute atomic E-state index is 6.28. The molecule has 0 saturated carbocycles. The molecule has 0 fully saturated rings. The molecule has 3 heterocycles. The Balaban J connectivity index is 1.74. The SMILES string of the molecule is CCN1CCc2c(c3cc(Cl)ccc3n2CCc2ccccn2)C1. The third-order valence-corrected chi connectivity index (χ3v) is 5.30. The Morgan fingerprint density at radius 1 is 1.21 bits per heavy atom. The molecule has 124 valence electrons. The zero-order valence-corrected chi connectivity index (χ0v) is 14.8. The third-order valence-electron chi connectivity index (χ3n) is 5.06. The van der Waals surface area contributed by atoms with Crippen molar-refractivity contribution in [1.29, 1.82) is 0 Å². The second kappa shape index (κ2) is 6.58. The smallest absolute Gasteiger partial charge is 0.0487 e. The summed E-state index contributed by atoms with van der Waals surface area (Å²) >= 11 is 6.28. The molecule has 3 nitrogen and oxygen atoms in total. The van der Waals surface area contributed by atoms with Crippen molar-refractivity contribution in [2.45, 2.75) is 32.9 Å². The van der Waals surface area contributed by atoms with Gasteiger partial charge < -0.3 is 4.57 Å². The molecule has 3 aromatic rings. The van der Waals surface area contributed by atoms with Gasteiger partial charge in [0.05, 0.1) is 0 Å². The van der Waals surface area contributed by atoms with E-state index in [-0.39, 0.29) is 0 Å². The monoisotopic (exact) mass is 339 g/mol. The van der Waals surface area contributed by atoms with Gasteiger partial charge in [-0.1, -0.05) is 24.6 Å². The lowest BCUT2D eigenvalue weighted by molar-refractivity contribution is 0.265. The molecule has 2 aromatic heterocycles. The van der Waals surface area contributed by atoms with E-state index in [1.165, 1.54) is 22.2 Å². The largest absolute Gasteiger partial charge is 0.344 e. The Morgan fingerprint density at radius 2 is 2.12 bits per heavy atom. The standard InChI is InChI=1S/C20H22ClN3/c1-2-23-11-9-20-18(14-23)17-13-15(21)6-7-19(17)24(20)12-8-16-5-3-4-10-22-16/h3-7,10,13H,2,8-9,11-12,14H2,1H3. The van der Waals surface area contributed by atoms with Gasteiger partial charge in [0.2, 0.25) is 0 Å². The fourth-order valence-corrected chi connectivity index (χ4v) is 3.95. The van der Waals surface area contributed by atoms with Crippen LogP contribution in [0.3, 0.4) is 0 Å². The highest BCUT2D eigenvalue weighted by atomic mass is 35.5. The van der Waals surface area contributed by atoms with Gasteiger partial charge in [-0.3, -0.25) is 9.88 Å². The van der Waals surface area contributed by atoms with Gasteiger partial charge in [-0.15, -0.1) is 0 Å². The maximum atomic E-state index is 6.28. The van der Waals surface area contributed by atoms with E-state index in [0.29, 0.717) is 0 Å². The van der Waals surface area contributed by atoms with Crippen LogP contribution in [0.15, 0.2) is 42.6 Å². The molecular weight excluding hydrogens is 318 g/mol. The summed E-state index contributed by atoms with van der Waals surface area (Å²) in [5.74, 6) is 0. The molecule has 1 aliphatic heterocycles. The summed E-state index contributed by atoms with van der Waals surface area (Å²) < 4.78 is 2.49. The van der Waals surface area contributed by atoms with Crippen LogP contribution in [-0.2, 0) is 25.9 Å². The van der Waals surface area contributed by atoms with E-state index >= 15 is 0 Å². The number of halogens is 1. The zero-order chi connectivity index (χ0) is 16.5. The Kier molecular flexibility index (Phi) is 4.30. The summed E-state index contributed by atoms with van der Waals surface area (Å²) in [4.78, 5) is 6.97. The van der Waals surface area contributed by atoms with Gasteiger partial charge in [-0.25, -0.2) is 0 Å². The Bertz CT molecular complexity index is 854. The normalized spacial score (nSPS) is 14.9. The van der Waals surface area contributed by atoms with Crippen LogP contribution in [0.4, 0.5) is 0 Å². The van der Waals surface area contributed by atoms with Crippen LogP contribution >= 0.6 is 11.6 Å². The number of aryl methyl sites for hydroxylation is 2. The lowest BCUT2D eigenvalue weighted by Gasteiger charge is -2.26. The zero-order valence-electron chi connectivity index (χ0n) is 14.0. The Labute approximate surface area is 147 Å². The van der Waals surface area contributed by atoms with E-state index in [1.54, 1.807) is 0 Å². The fourth-order valence-electron chi connectivity index (χ4n) is 3.78. The molecule has 0 unspecified atom stereocenters. The summed E-state index contributed by atoms with van der Waals surface area (Å²) in [7, 11) is 0. The number of benzene rings is 1. The van der Waals surface area contributed by atoms with E-state index in [9.17, 15) is 0 Å². The molecular formula is C20H22ClN3. The van der Waals surface area contributed by atoms with Gasteiger partial charge in [0, 0.05) is 66.0 Å². The number of likely N-dealkylation sites (N-methyl/N-ethyl adjacent to an activating group) is 1. The molecule has 0 atom stereocenters. The third kappa shape index (κ3) is 2.83. The molecule has 0 saturated heterocycles. The number of aromatic nitrogens is 2. The van der Waals surface area contributed by atoms with E-state index in [2.05, 4.69) is 45.6 Å². The number of fused-ring (bicyclic) bond motifs is 3. The van der Waals surface area contributed by atoms with Crippen LogP contribution in [0.2, 0.25) is 5.02 Å². The van der Waals surface area contributed by atoms with Crippen LogP contribution in [0.25, 0.3) is 10.9 Å². The van der Waals surface area contributed by atoms with Gasteiger partial charge in [0.1, 0.15) is 0 Å². The number of hydrogen-bond acceptors (Lipinski definition) is 2. The van der Waals surface area contributed by atoms with E-state index in [4.69, 9.17) is 11.6 Å². The summed E-state index contributed by atoms with van der Waals surface area (Å²) in [6.45, 7) is 6.46. The van der Waals surface area contributed by atoms with Crippen LogP contribution in [-0.4, -0.2) is 27.5 Å². The van der Waals surface area contributed by atoms with Crippen molar-refractivity contribution >= 4 is 22.5 Å². The predicted molar refractivity (Wildman–Crippen MR) is 99.5 cm³/mol. The first-order valence-electron chi connectivity index (χ1n) is 8.68. The lowest BCUT2D eigenvalue weighted by atomic mass is 10.0. The molecule has 0 N–H and O–H groups in total. The van der Waals surface area contributed by atoms with Crippen molar-refractivity contribution < 1.29 is 0 Å². The highest BCUT2D eigenvalue weighted by molar-refractivity contribution is 6.31. The van der Waals surface area contributed by atoms with Gasteiger partial charge >= 0.3 is 0 Å². The first-order chi connectivity index (χ1) is 11.8. The van der Waals surface area contributed by atoms with Crippen molar-refractivity contribution in [3.05, 3.63) is 64.6 Å². The molecule has 1 aromatic carbocycles. The Morgan fingerprint density at radius 3 is 2.92 bits per heavy atom. The minimum absolute atomic E-state index is 0.820. The quantitative estimate of drug-likeness (QED) is 0.706. The van der Waals surface area contributed by atoms with Crippen molar-refractivity contribution in [3.63, 3.8) is 0 Å². The van der Waals surface area contributed by atoms with Gasteiger partial charge in [0.15, 0.2) is 0 Å². The minimum Gasteiger partial charge on any atom is -0.344 e. The van der Waals surface area contributed by atoms with Crippen LogP contribution in [0.5, 0.6) is 0 Å². The van der Waals surface area contributed by atoms with E-state index in [0.717, 1.165) is 49.7 Å². The molecule has 24 heavy (non-hydrogen) atoms. The highest BCUT2D eigenvalue weighted by Crippen LogP contribution is 2.32. The van der Waals surface area contributed by atoms with Crippen molar-refractivity contribution in [1.82, 2.24) is 14.5 Å². The Hall–Kier alpha value is -1.84. The molecule has 0 amide bonds. The van der Waals surface area contributed by atoms with Crippen LogP contribution in [0.1, 0.15) is 23.9 Å². The molecule has 0 bridgehead atoms. The summed E-state index contributed by atoms with van der Waals surface area (Å²) in [5.41, 5.74) is 5.39. The second-order valence-electron chi connectivity index (χ2n) is 6.43. The average molecular weight is 340 g/mol. The minimum atomic E-state index is 0.820. The van der Waals surface area contributed by atoms with Gasteiger partial charge in [-0.05, 0) is 42.4 Å². The van der Waals surface area contributed by atoms with Gasteiger partial charge in [-0.2, -0.15) is 0 Å². The topological polar surface area (TPSA) is 21.1 Å². The van der Waals surface area contributed by atoms with Crippen molar-refractivity contribution in [2.75, 3.05) is 13.1 Å². The number of hydrogen-bond donors (Lipinski definition) is 0. The number of nitrogens with zero attached hydrogens (tertiary/aromatic N) is 3. The van der Waals surface area contributed by atoms with Crippen LogP contribution < -0.4 is 0 Å². The molecule has 0 radical (unpaired) electrons. The van der Waals surface area contributed by atoms with Gasteiger partial charge in [0.25, 0.3) is 0 Å². The first kappa shape index (κ1) is 15.7. The van der Waals surface area contributed by atoms with E-state index in [1.807, 2.05) is 18.3 Å². The number of pyridine rings is 1. The molecule has 1 aliphatic rings. The second-order valence-corrected chi connectivity index (χ2v) is 6.86. The fraction of sp³-hybridized carbons (Fsp3) is 0.350. The summed E-state index contributed by atoms with van der Waals surface area (Å²) in [6, 6.07) is 12.4. The summed E-state index contributed by atoms with van der Waals surface area (Å²) in [5, 5.41) is 2.14. The predicted octanol–water partition coefficient (Wildman–Crippen LogP) is 4.31. The first-order valence-corrected chi connectivity index (χ1v) is 9.06. The van der Waals surface area contributed by atoms with Crippen molar-refractivity contribution in [2.24, 2.45) is 0 Å². The molecule has 0 aliphatic carbocycles. The van der Waals surface area contributed by atoms with Crippen molar-refractivity contribution in [3.8, 4) is 0 Å². The lowest BCUT2D eigenvalue weighted by Crippen LogP contribution is -2.30. The average Bonchev–Trinajstić information content (AvgIpc) is 2.93. The maximum Gasteiger partial charge on any atom is 0.0487 e. The molecule has 4 heteroatoms. The van der Waals surface area contributed by atoms with E-state index < -0.39 is 0 Å². The molecule has 0 spiro atoms. The van der Waals surface area contributed by atoms with Crippen LogP contribution in [0, 0.1) is 0 Å². The highest BCUT2D eigenvalue weighted by Gasteiger charge is 2.23. The number of rotatable bonds is 4. The summed E-state index contributed by atoms with van der Waals surface area (Å²) in [6.07, 6.45) is 3.94.